The molecular weight excluding hydrogens is 391 g/mol. The molecule has 0 N–H and O–H groups in total. The zero-order valence-corrected chi connectivity index (χ0v) is 17.3. The molecule has 0 aromatic heterocycles. The molecule has 30 heavy (non-hydrogen) atoms. The van der Waals surface area contributed by atoms with Crippen LogP contribution < -0.4 is 4.74 Å². The first-order valence-electron chi connectivity index (χ1n) is 10.5. The lowest BCUT2D eigenvalue weighted by atomic mass is 10.0. The number of halogens is 3. The highest BCUT2D eigenvalue weighted by molar-refractivity contribution is 5.74. The molecule has 0 bridgehead atoms. The van der Waals surface area contributed by atoms with E-state index < -0.39 is 11.7 Å². The Balaban J connectivity index is 1.48. The predicted octanol–water partition coefficient (Wildman–Crippen LogP) is 6.25. The Bertz CT molecular complexity index is 834. The molecular formula is C24H28F3NO2. The Labute approximate surface area is 175 Å². The summed E-state index contributed by atoms with van der Waals surface area (Å²) in [6.45, 7) is 2.57. The van der Waals surface area contributed by atoms with Gasteiger partial charge in [0.05, 0.1) is 18.2 Å². The van der Waals surface area contributed by atoms with Crippen LogP contribution in [0.25, 0.3) is 0 Å². The first kappa shape index (κ1) is 22.2. The maximum Gasteiger partial charge on any atom is 0.419 e. The van der Waals surface area contributed by atoms with Crippen molar-refractivity contribution in [2.75, 3.05) is 13.2 Å². The maximum atomic E-state index is 13.5. The van der Waals surface area contributed by atoms with E-state index in [1.54, 1.807) is 13.0 Å². The van der Waals surface area contributed by atoms with Gasteiger partial charge in [-0.3, -0.25) is 0 Å². The van der Waals surface area contributed by atoms with E-state index >= 15 is 0 Å². The zero-order chi connectivity index (χ0) is 21.4. The van der Waals surface area contributed by atoms with Gasteiger partial charge in [0, 0.05) is 6.92 Å². The molecule has 0 fully saturated rings. The predicted molar refractivity (Wildman–Crippen MR) is 112 cm³/mol. The average Bonchev–Trinajstić information content (AvgIpc) is 3.14. The number of aliphatic imine (C=N–C) groups is 1. The van der Waals surface area contributed by atoms with Crippen LogP contribution in [-0.2, 0) is 23.8 Å². The molecule has 1 aliphatic heterocycles. The molecule has 3 rings (SSSR count). The fourth-order valence-electron chi connectivity index (χ4n) is 3.54. The van der Waals surface area contributed by atoms with Crippen LogP contribution in [0.3, 0.4) is 0 Å². The molecule has 1 heterocycles. The lowest BCUT2D eigenvalue weighted by Gasteiger charge is -2.16. The molecule has 162 valence electrons. The third-order valence-corrected chi connectivity index (χ3v) is 5.17. The summed E-state index contributed by atoms with van der Waals surface area (Å²) in [5.74, 6) is 0.552. The van der Waals surface area contributed by atoms with Crippen molar-refractivity contribution in [2.24, 2.45) is 4.99 Å². The third-order valence-electron chi connectivity index (χ3n) is 5.17. The number of aryl methyl sites for hydroxylation is 2. The summed E-state index contributed by atoms with van der Waals surface area (Å²) in [5.41, 5.74) is 1.21. The van der Waals surface area contributed by atoms with Gasteiger partial charge in [-0.15, -0.1) is 0 Å². The minimum Gasteiger partial charge on any atom is -0.493 e. The van der Waals surface area contributed by atoms with E-state index in [1.807, 2.05) is 18.2 Å². The molecule has 0 spiro atoms. The van der Waals surface area contributed by atoms with Gasteiger partial charge in [0.15, 0.2) is 5.90 Å². The number of benzene rings is 2. The van der Waals surface area contributed by atoms with Crippen molar-refractivity contribution in [3.05, 3.63) is 65.2 Å². The van der Waals surface area contributed by atoms with E-state index in [4.69, 9.17) is 9.47 Å². The number of unbranched alkanes of at least 4 members (excludes halogenated alkanes) is 2. The molecule has 0 amide bonds. The van der Waals surface area contributed by atoms with Crippen molar-refractivity contribution < 1.29 is 22.6 Å². The molecule has 3 nitrogen and oxygen atoms in total. The first-order chi connectivity index (χ1) is 14.4. The summed E-state index contributed by atoms with van der Waals surface area (Å²) in [6, 6.07) is 14.6. The molecule has 6 heteroatoms. The minimum atomic E-state index is -4.44. The molecule has 0 saturated carbocycles. The van der Waals surface area contributed by atoms with E-state index in [9.17, 15) is 13.2 Å². The fourth-order valence-corrected chi connectivity index (χ4v) is 3.54. The third kappa shape index (κ3) is 6.78. The first-order valence-corrected chi connectivity index (χ1v) is 10.5. The van der Waals surface area contributed by atoms with Crippen LogP contribution in [0.1, 0.15) is 49.3 Å². The Kier molecular flexibility index (Phi) is 7.77. The molecule has 1 aliphatic rings. The number of hydrogen-bond acceptors (Lipinski definition) is 3. The van der Waals surface area contributed by atoms with Crippen molar-refractivity contribution in [3.63, 3.8) is 0 Å². The quantitative estimate of drug-likeness (QED) is 0.426. The lowest BCUT2D eigenvalue weighted by molar-refractivity contribution is -0.139. The second kappa shape index (κ2) is 10.5. The summed E-state index contributed by atoms with van der Waals surface area (Å²) in [5, 5.41) is 0. The van der Waals surface area contributed by atoms with Gasteiger partial charge in [0.2, 0.25) is 0 Å². The Morgan fingerprint density at radius 3 is 2.50 bits per heavy atom. The van der Waals surface area contributed by atoms with E-state index in [1.165, 1.54) is 17.7 Å². The van der Waals surface area contributed by atoms with Gasteiger partial charge in [-0.1, -0.05) is 36.4 Å². The molecule has 0 radical (unpaired) electrons. The van der Waals surface area contributed by atoms with E-state index in [2.05, 4.69) is 17.1 Å². The van der Waals surface area contributed by atoms with Crippen molar-refractivity contribution in [3.8, 4) is 5.75 Å². The lowest BCUT2D eigenvalue weighted by Crippen LogP contribution is -2.11. The molecule has 2 aromatic rings. The minimum absolute atomic E-state index is 0.0196. The largest absolute Gasteiger partial charge is 0.493 e. The number of nitrogens with zero attached hydrogens (tertiary/aromatic N) is 1. The highest BCUT2D eigenvalue weighted by Gasteiger charge is 2.34. The van der Waals surface area contributed by atoms with Crippen LogP contribution in [0.4, 0.5) is 13.2 Å². The van der Waals surface area contributed by atoms with Crippen molar-refractivity contribution in [2.45, 2.75) is 57.7 Å². The monoisotopic (exact) mass is 419 g/mol. The Morgan fingerprint density at radius 2 is 1.80 bits per heavy atom. The number of hydrogen-bond donors (Lipinski definition) is 0. The van der Waals surface area contributed by atoms with Crippen molar-refractivity contribution >= 4 is 5.90 Å². The normalized spacial score (nSPS) is 16.3. The summed E-state index contributed by atoms with van der Waals surface area (Å²) in [7, 11) is 0. The molecule has 1 atom stereocenters. The van der Waals surface area contributed by atoms with Crippen LogP contribution in [0.5, 0.6) is 5.75 Å². The van der Waals surface area contributed by atoms with E-state index in [-0.39, 0.29) is 18.4 Å². The van der Waals surface area contributed by atoms with Crippen LogP contribution in [-0.4, -0.2) is 25.2 Å². The summed E-state index contributed by atoms with van der Waals surface area (Å²) in [4.78, 5) is 4.32. The Morgan fingerprint density at radius 1 is 1.00 bits per heavy atom. The Hall–Kier alpha value is -2.50. The van der Waals surface area contributed by atoms with Crippen molar-refractivity contribution in [1.29, 1.82) is 0 Å². The second-order valence-corrected chi connectivity index (χ2v) is 7.62. The smallest absolute Gasteiger partial charge is 0.419 e. The standard InChI is InChI=1S/C24H28F3NO2/c1-18-28-21(17-30-18)13-11-20-12-14-23(22(16-20)24(25,26)27)29-15-7-3-6-10-19-8-4-2-5-9-19/h2,4-5,8-9,12,14,16,21H,3,6-7,10-11,13,15,17H2,1H3. The number of ether oxygens (including phenoxy) is 2. The van der Waals surface area contributed by atoms with Gasteiger partial charge in [0.25, 0.3) is 0 Å². The highest BCUT2D eigenvalue weighted by atomic mass is 19.4. The van der Waals surface area contributed by atoms with Crippen LogP contribution in [0.2, 0.25) is 0 Å². The van der Waals surface area contributed by atoms with Gasteiger partial charge in [-0.2, -0.15) is 13.2 Å². The zero-order valence-electron chi connectivity index (χ0n) is 17.3. The number of rotatable bonds is 10. The van der Waals surface area contributed by atoms with Crippen LogP contribution in [0, 0.1) is 0 Å². The van der Waals surface area contributed by atoms with Gasteiger partial charge in [-0.05, 0) is 61.8 Å². The van der Waals surface area contributed by atoms with E-state index in [0.29, 0.717) is 30.9 Å². The number of alkyl halides is 3. The SMILES string of the molecule is CC1=NC(CCc2ccc(OCCCCCc3ccccc3)c(C(F)(F)F)c2)CO1. The van der Waals surface area contributed by atoms with Gasteiger partial charge in [-0.25, -0.2) is 4.99 Å². The molecule has 0 saturated heterocycles. The molecule has 0 aliphatic carbocycles. The maximum absolute atomic E-state index is 13.5. The van der Waals surface area contributed by atoms with E-state index in [0.717, 1.165) is 25.7 Å². The average molecular weight is 419 g/mol. The van der Waals surface area contributed by atoms with Crippen molar-refractivity contribution in [1.82, 2.24) is 0 Å². The second-order valence-electron chi connectivity index (χ2n) is 7.62. The molecule has 2 aromatic carbocycles. The summed E-state index contributed by atoms with van der Waals surface area (Å²) >= 11 is 0. The summed E-state index contributed by atoms with van der Waals surface area (Å²) in [6.07, 6.45) is 0.348. The van der Waals surface area contributed by atoms with Crippen LogP contribution >= 0.6 is 0 Å². The molecule has 1 unspecified atom stereocenters. The highest BCUT2D eigenvalue weighted by Crippen LogP contribution is 2.37. The van der Waals surface area contributed by atoms with Crippen LogP contribution in [0.15, 0.2) is 53.5 Å². The van der Waals surface area contributed by atoms with Gasteiger partial charge >= 0.3 is 6.18 Å². The fraction of sp³-hybridized carbons (Fsp3) is 0.458. The summed E-state index contributed by atoms with van der Waals surface area (Å²) < 4.78 is 51.3. The topological polar surface area (TPSA) is 30.8 Å². The van der Waals surface area contributed by atoms with Gasteiger partial charge < -0.3 is 9.47 Å². The van der Waals surface area contributed by atoms with Gasteiger partial charge in [0.1, 0.15) is 12.4 Å².